The fourth-order valence-corrected chi connectivity index (χ4v) is 2.85. The highest BCUT2D eigenvalue weighted by molar-refractivity contribution is 5.98. The summed E-state index contributed by atoms with van der Waals surface area (Å²) in [7, 11) is 0. The molecule has 0 aromatic heterocycles. The lowest BCUT2D eigenvalue weighted by Crippen LogP contribution is -2.40. The fraction of sp³-hybridized carbons (Fsp3) is 0.333. The van der Waals surface area contributed by atoms with Crippen molar-refractivity contribution >= 4 is 23.2 Å². The van der Waals surface area contributed by atoms with Crippen molar-refractivity contribution in [3.63, 3.8) is 0 Å². The van der Waals surface area contributed by atoms with Crippen LogP contribution in [-0.4, -0.2) is 37.1 Å². The summed E-state index contributed by atoms with van der Waals surface area (Å²) < 4.78 is 51.1. The number of para-hydroxylation sites is 1. The Labute approximate surface area is 172 Å². The van der Waals surface area contributed by atoms with Gasteiger partial charge in [-0.25, -0.2) is 4.39 Å². The molecule has 30 heavy (non-hydrogen) atoms. The van der Waals surface area contributed by atoms with Crippen molar-refractivity contribution in [2.75, 3.05) is 23.3 Å². The lowest BCUT2D eigenvalue weighted by Gasteiger charge is -2.27. The predicted octanol–water partition coefficient (Wildman–Crippen LogP) is 4.28. The maximum absolute atomic E-state index is 14.2. The summed E-state index contributed by atoms with van der Waals surface area (Å²) in [5.41, 5.74) is 0.715. The quantitative estimate of drug-likeness (QED) is 0.651. The topological polar surface area (TPSA) is 61.4 Å². The van der Waals surface area contributed by atoms with E-state index in [0.29, 0.717) is 5.69 Å². The highest BCUT2D eigenvalue weighted by atomic mass is 19.4. The molecule has 2 aromatic carbocycles. The molecule has 0 saturated heterocycles. The summed E-state index contributed by atoms with van der Waals surface area (Å²) in [6, 6.07) is 10.9. The van der Waals surface area contributed by atoms with E-state index in [4.69, 9.17) is 0 Å². The number of hydrogen-bond acceptors (Lipinski definition) is 3. The average molecular weight is 425 g/mol. The third-order valence-electron chi connectivity index (χ3n) is 4.31. The first-order valence-corrected chi connectivity index (χ1v) is 9.25. The van der Waals surface area contributed by atoms with Crippen molar-refractivity contribution in [2.24, 2.45) is 0 Å². The molecule has 0 aliphatic carbocycles. The molecule has 0 unspecified atom stereocenters. The number of nitrogens with one attached hydrogen (secondary N) is 2. The van der Waals surface area contributed by atoms with Crippen LogP contribution in [0, 0.1) is 12.7 Å². The van der Waals surface area contributed by atoms with Crippen LogP contribution in [0.2, 0.25) is 0 Å². The van der Waals surface area contributed by atoms with E-state index in [1.54, 1.807) is 34.5 Å². The van der Waals surface area contributed by atoms with Gasteiger partial charge in [0.1, 0.15) is 12.4 Å². The Morgan fingerprint density at radius 1 is 1.10 bits per heavy atom. The molecule has 0 fully saturated rings. The lowest BCUT2D eigenvalue weighted by atomic mass is 10.1. The van der Waals surface area contributed by atoms with Gasteiger partial charge in [0.25, 0.3) is 5.91 Å². The van der Waals surface area contributed by atoms with Gasteiger partial charge in [-0.1, -0.05) is 18.2 Å². The van der Waals surface area contributed by atoms with Gasteiger partial charge in [0.2, 0.25) is 5.91 Å². The maximum atomic E-state index is 14.2. The van der Waals surface area contributed by atoms with Gasteiger partial charge >= 0.3 is 6.18 Å². The summed E-state index contributed by atoms with van der Waals surface area (Å²) in [6.07, 6.45) is -4.58. The van der Waals surface area contributed by atoms with Crippen LogP contribution in [0.3, 0.4) is 0 Å². The molecule has 0 aliphatic heterocycles. The molecule has 2 amide bonds. The molecule has 0 heterocycles. The molecular formula is C21H23F4N3O2. The van der Waals surface area contributed by atoms with Crippen LogP contribution < -0.4 is 15.5 Å². The second kappa shape index (κ2) is 9.60. The molecule has 2 rings (SSSR count). The number of hydrogen-bond donors (Lipinski definition) is 2. The minimum atomic E-state index is -4.58. The predicted molar refractivity (Wildman–Crippen MR) is 107 cm³/mol. The second-order valence-corrected chi connectivity index (χ2v) is 6.98. The van der Waals surface area contributed by atoms with Crippen LogP contribution in [0.5, 0.6) is 0 Å². The molecule has 2 aromatic rings. The Bertz CT molecular complexity index is 899. The van der Waals surface area contributed by atoms with Gasteiger partial charge in [-0.2, -0.15) is 13.2 Å². The molecular weight excluding hydrogens is 402 g/mol. The molecule has 0 atom stereocenters. The van der Waals surface area contributed by atoms with Crippen molar-refractivity contribution in [3.8, 4) is 0 Å². The van der Waals surface area contributed by atoms with Gasteiger partial charge < -0.3 is 15.5 Å². The van der Waals surface area contributed by atoms with E-state index in [1.807, 2.05) is 19.9 Å². The number of amides is 2. The van der Waals surface area contributed by atoms with Crippen LogP contribution in [-0.2, 0) is 4.79 Å². The van der Waals surface area contributed by atoms with Gasteiger partial charge in [-0.3, -0.25) is 9.59 Å². The van der Waals surface area contributed by atoms with E-state index in [-0.39, 0.29) is 35.3 Å². The van der Waals surface area contributed by atoms with Gasteiger partial charge in [0, 0.05) is 28.5 Å². The van der Waals surface area contributed by atoms with E-state index in [1.165, 1.54) is 13.0 Å². The summed E-state index contributed by atoms with van der Waals surface area (Å²) in [5, 5.41) is 4.49. The van der Waals surface area contributed by atoms with Crippen LogP contribution >= 0.6 is 0 Å². The highest BCUT2D eigenvalue weighted by Gasteiger charge is 2.28. The molecule has 0 radical (unpaired) electrons. The smallest absolute Gasteiger partial charge is 0.376 e. The molecule has 9 heteroatoms. The molecule has 0 saturated carbocycles. The Hall–Kier alpha value is -3.10. The number of carbonyl (C=O) groups is 2. The first-order valence-electron chi connectivity index (χ1n) is 9.25. The van der Waals surface area contributed by atoms with Gasteiger partial charge in [0.15, 0.2) is 0 Å². The average Bonchev–Trinajstić information content (AvgIpc) is 2.67. The van der Waals surface area contributed by atoms with E-state index < -0.39 is 24.4 Å². The fourth-order valence-electron chi connectivity index (χ4n) is 2.85. The van der Waals surface area contributed by atoms with Crippen molar-refractivity contribution in [1.29, 1.82) is 0 Å². The monoisotopic (exact) mass is 425 g/mol. The van der Waals surface area contributed by atoms with Crippen molar-refractivity contribution < 1.29 is 27.2 Å². The first-order chi connectivity index (χ1) is 14.0. The summed E-state index contributed by atoms with van der Waals surface area (Å²) in [4.78, 5) is 26.3. The summed E-state index contributed by atoms with van der Waals surface area (Å²) in [5.74, 6) is -2.12. The largest absolute Gasteiger partial charge is 0.405 e. The highest BCUT2D eigenvalue weighted by Crippen LogP contribution is 2.22. The minimum absolute atomic E-state index is 0.140. The Balaban J connectivity index is 2.16. The third kappa shape index (κ3) is 6.20. The lowest BCUT2D eigenvalue weighted by molar-refractivity contribution is -0.123. The van der Waals surface area contributed by atoms with E-state index in [0.717, 1.165) is 6.07 Å². The van der Waals surface area contributed by atoms with E-state index >= 15 is 0 Å². The number of alkyl halides is 3. The van der Waals surface area contributed by atoms with E-state index in [9.17, 15) is 27.2 Å². The number of carbonyl (C=O) groups excluding carboxylic acids is 2. The maximum Gasteiger partial charge on any atom is 0.405 e. The number of benzene rings is 2. The molecule has 5 nitrogen and oxygen atoms in total. The molecule has 2 N–H and O–H groups in total. The summed E-state index contributed by atoms with van der Waals surface area (Å²) >= 11 is 0. The number of rotatable bonds is 7. The van der Waals surface area contributed by atoms with Crippen LogP contribution in [0.25, 0.3) is 0 Å². The minimum Gasteiger partial charge on any atom is -0.376 e. The second-order valence-electron chi connectivity index (χ2n) is 6.98. The van der Waals surface area contributed by atoms with Crippen LogP contribution in [0.1, 0.15) is 29.8 Å². The molecule has 0 spiro atoms. The number of nitrogens with zero attached hydrogens (tertiary/aromatic N) is 1. The van der Waals surface area contributed by atoms with Crippen molar-refractivity contribution in [1.82, 2.24) is 5.32 Å². The van der Waals surface area contributed by atoms with Crippen LogP contribution in [0.15, 0.2) is 42.5 Å². The van der Waals surface area contributed by atoms with E-state index in [2.05, 4.69) is 5.32 Å². The third-order valence-corrected chi connectivity index (χ3v) is 4.31. The normalized spacial score (nSPS) is 11.3. The number of anilines is 2. The first kappa shape index (κ1) is 23.2. The Morgan fingerprint density at radius 2 is 1.73 bits per heavy atom. The van der Waals surface area contributed by atoms with Gasteiger partial charge in [-0.05, 0) is 45.0 Å². The van der Waals surface area contributed by atoms with Crippen molar-refractivity contribution in [2.45, 2.75) is 33.0 Å². The summed E-state index contributed by atoms with van der Waals surface area (Å²) in [6.45, 7) is 3.42. The van der Waals surface area contributed by atoms with Crippen molar-refractivity contribution in [3.05, 3.63) is 59.4 Å². The zero-order chi connectivity index (χ0) is 22.5. The zero-order valence-electron chi connectivity index (χ0n) is 16.8. The molecule has 162 valence electrons. The zero-order valence-corrected chi connectivity index (χ0v) is 16.8. The Kier molecular flexibility index (Phi) is 7.42. The SMILES string of the molecule is Cc1c(F)cc(C(=O)NCC(F)(F)F)cc1NCC(=O)N(c1ccccc1)C(C)C. The molecule has 0 bridgehead atoms. The van der Waals surface area contributed by atoms with Gasteiger partial charge in [0.05, 0.1) is 6.54 Å². The van der Waals surface area contributed by atoms with Gasteiger partial charge in [-0.15, -0.1) is 0 Å². The number of halogens is 4. The standard InChI is InChI=1S/C21H23F4N3O2/c1-13(2)28(16-7-5-4-6-8-16)19(29)11-26-18-10-15(9-17(22)14(18)3)20(30)27-12-21(23,24)25/h4-10,13,26H,11-12H2,1-3H3,(H,27,30). The molecule has 0 aliphatic rings. The van der Waals surface area contributed by atoms with Crippen LogP contribution in [0.4, 0.5) is 28.9 Å². The Morgan fingerprint density at radius 3 is 2.30 bits per heavy atom.